The van der Waals surface area contributed by atoms with Crippen molar-refractivity contribution in [2.75, 3.05) is 33.1 Å². The van der Waals surface area contributed by atoms with E-state index in [9.17, 15) is 8.42 Å². The number of imidazole rings is 1. The van der Waals surface area contributed by atoms with Crippen molar-refractivity contribution in [1.29, 1.82) is 0 Å². The summed E-state index contributed by atoms with van der Waals surface area (Å²) in [6, 6.07) is 7.77. The summed E-state index contributed by atoms with van der Waals surface area (Å²) in [7, 11) is -0.203. The zero-order chi connectivity index (χ0) is 21.9. The molecule has 1 N–H and O–H groups in total. The molecule has 0 saturated carbocycles. The summed E-state index contributed by atoms with van der Waals surface area (Å²) < 4.78 is 39.7. The van der Waals surface area contributed by atoms with Gasteiger partial charge < -0.3 is 18.8 Å². The second-order valence-electron chi connectivity index (χ2n) is 7.24. The van der Waals surface area contributed by atoms with E-state index in [1.54, 1.807) is 20.3 Å². The number of fused-ring (bicyclic) bond motifs is 1. The van der Waals surface area contributed by atoms with Gasteiger partial charge in [0.15, 0.2) is 11.6 Å². The summed E-state index contributed by atoms with van der Waals surface area (Å²) in [6.45, 7) is 2.63. The van der Waals surface area contributed by atoms with Gasteiger partial charge in [0.1, 0.15) is 5.58 Å². The van der Waals surface area contributed by atoms with Gasteiger partial charge in [-0.3, -0.25) is 4.79 Å². The van der Waals surface area contributed by atoms with Crippen molar-refractivity contribution in [3.05, 3.63) is 42.2 Å². The Morgan fingerprint density at radius 3 is 2.67 bits per heavy atom. The minimum Gasteiger partial charge on any atom is -0.483 e. The van der Waals surface area contributed by atoms with E-state index in [1.165, 1.54) is 4.31 Å². The number of hydrogen-bond donors (Lipinski definition) is 1. The molecule has 0 unspecified atom stereocenters. The first kappa shape index (κ1) is 22.0. The third kappa shape index (κ3) is 4.25. The minimum absolute atomic E-state index is 0.0431. The molecule has 162 valence electrons. The number of furan rings is 1. The highest BCUT2D eigenvalue weighted by Gasteiger charge is 2.36. The third-order valence-electron chi connectivity index (χ3n) is 5.22. The van der Waals surface area contributed by atoms with Gasteiger partial charge in [-0.25, -0.2) is 17.7 Å². The summed E-state index contributed by atoms with van der Waals surface area (Å²) in [4.78, 5) is 12.9. The number of nitrogens with zero attached hydrogens (tertiary/aromatic N) is 3. The monoisotopic (exact) mass is 435 g/mol. The topological polar surface area (TPSA) is 115 Å². The minimum atomic E-state index is -3.32. The van der Waals surface area contributed by atoms with Crippen molar-refractivity contribution in [3.8, 4) is 11.6 Å². The standard InChI is InChI=1S/C19H23N3O4S.CH2O2/c1-13-15-6-4-5-7-17(15)26-18(13)19-20-8-9-22(19)16-11-25-10-14(16)12-27(23,24)21(2)3;2-1-3/h4-9,14,16H,10-12H2,1-3H3;1H,(H,2,3)/t14-,16+;/m0./s1. The Hall–Kier alpha value is -2.69. The molecule has 3 heterocycles. The predicted molar refractivity (Wildman–Crippen MR) is 112 cm³/mol. The lowest BCUT2D eigenvalue weighted by Crippen LogP contribution is -2.32. The zero-order valence-corrected chi connectivity index (χ0v) is 17.9. The van der Waals surface area contributed by atoms with E-state index in [0.29, 0.717) is 24.8 Å². The van der Waals surface area contributed by atoms with Crippen LogP contribution in [0.4, 0.5) is 0 Å². The molecule has 4 rings (SSSR count). The molecule has 1 aromatic carbocycles. The number of para-hydroxylation sites is 1. The Morgan fingerprint density at radius 2 is 2.00 bits per heavy atom. The van der Waals surface area contributed by atoms with Gasteiger partial charge in [-0.1, -0.05) is 18.2 Å². The number of aromatic nitrogens is 2. The lowest BCUT2D eigenvalue weighted by molar-refractivity contribution is -0.122. The number of benzene rings is 1. The smallest absolute Gasteiger partial charge is 0.290 e. The van der Waals surface area contributed by atoms with E-state index in [1.807, 2.05) is 42.0 Å². The fourth-order valence-corrected chi connectivity index (χ4v) is 4.78. The largest absolute Gasteiger partial charge is 0.483 e. The van der Waals surface area contributed by atoms with E-state index < -0.39 is 10.0 Å². The normalized spacial score (nSPS) is 19.1. The van der Waals surface area contributed by atoms with E-state index >= 15 is 0 Å². The van der Waals surface area contributed by atoms with Gasteiger partial charge in [-0.05, 0) is 13.0 Å². The highest BCUT2D eigenvalue weighted by Crippen LogP contribution is 2.36. The van der Waals surface area contributed by atoms with Crippen molar-refractivity contribution in [3.63, 3.8) is 0 Å². The van der Waals surface area contributed by atoms with Gasteiger partial charge in [0.2, 0.25) is 10.0 Å². The summed E-state index contributed by atoms with van der Waals surface area (Å²) >= 11 is 0. The van der Waals surface area contributed by atoms with Crippen LogP contribution >= 0.6 is 0 Å². The number of carbonyl (C=O) groups is 1. The maximum Gasteiger partial charge on any atom is 0.290 e. The van der Waals surface area contributed by atoms with Gasteiger partial charge >= 0.3 is 0 Å². The van der Waals surface area contributed by atoms with Crippen molar-refractivity contribution >= 4 is 27.5 Å². The molecule has 0 radical (unpaired) electrons. The van der Waals surface area contributed by atoms with E-state index in [0.717, 1.165) is 16.5 Å². The van der Waals surface area contributed by atoms with E-state index in [4.69, 9.17) is 19.1 Å². The molecular weight excluding hydrogens is 410 g/mol. The first-order valence-corrected chi connectivity index (χ1v) is 11.0. The number of ether oxygens (including phenoxy) is 1. The van der Waals surface area contributed by atoms with Crippen molar-refractivity contribution in [2.45, 2.75) is 13.0 Å². The first-order valence-electron chi connectivity index (χ1n) is 9.37. The predicted octanol–water partition coefficient (Wildman–Crippen LogP) is 2.38. The highest BCUT2D eigenvalue weighted by molar-refractivity contribution is 7.89. The van der Waals surface area contributed by atoms with Gasteiger partial charge in [0.05, 0.1) is 25.0 Å². The van der Waals surface area contributed by atoms with Crippen LogP contribution < -0.4 is 0 Å². The Kier molecular flexibility index (Phi) is 6.59. The van der Waals surface area contributed by atoms with Gasteiger partial charge in [-0.15, -0.1) is 0 Å². The maximum absolute atomic E-state index is 12.4. The fraction of sp³-hybridized carbons (Fsp3) is 0.400. The third-order valence-corrected chi connectivity index (χ3v) is 7.18. The molecule has 3 aromatic rings. The molecule has 1 aliphatic rings. The first-order chi connectivity index (χ1) is 14.3. The molecule has 2 aromatic heterocycles. The second-order valence-corrected chi connectivity index (χ2v) is 9.47. The summed E-state index contributed by atoms with van der Waals surface area (Å²) in [5.74, 6) is 1.31. The van der Waals surface area contributed by atoms with Crippen LogP contribution in [-0.2, 0) is 19.6 Å². The molecule has 10 heteroatoms. The van der Waals surface area contributed by atoms with Crippen LogP contribution in [0.5, 0.6) is 0 Å². The van der Waals surface area contributed by atoms with Crippen LogP contribution in [0, 0.1) is 12.8 Å². The Bertz CT molecular complexity index is 1120. The summed E-state index contributed by atoms with van der Waals surface area (Å²) in [5, 5.41) is 7.94. The Balaban J connectivity index is 0.000000806. The van der Waals surface area contributed by atoms with Crippen LogP contribution in [0.25, 0.3) is 22.6 Å². The SMILES string of the molecule is Cc1c(-c2nccn2[C@@H]2COC[C@H]2CS(=O)(=O)N(C)C)oc2ccccc12.O=CO. The fourth-order valence-electron chi connectivity index (χ4n) is 3.62. The molecule has 0 spiro atoms. The average Bonchev–Trinajstić information content (AvgIpc) is 3.41. The van der Waals surface area contributed by atoms with Crippen LogP contribution in [-0.4, -0.2) is 66.9 Å². The van der Waals surface area contributed by atoms with Gasteiger partial charge in [-0.2, -0.15) is 0 Å². The number of aryl methyl sites for hydroxylation is 1. The quantitative estimate of drug-likeness (QED) is 0.612. The highest BCUT2D eigenvalue weighted by atomic mass is 32.2. The molecule has 9 nitrogen and oxygen atoms in total. The molecule has 1 saturated heterocycles. The van der Waals surface area contributed by atoms with Gasteiger partial charge in [0, 0.05) is 43.4 Å². The number of rotatable bonds is 5. The van der Waals surface area contributed by atoms with E-state index in [-0.39, 0.29) is 24.2 Å². The van der Waals surface area contributed by atoms with Gasteiger partial charge in [0.25, 0.3) is 6.47 Å². The summed E-state index contributed by atoms with van der Waals surface area (Å²) in [5.41, 5.74) is 1.84. The van der Waals surface area contributed by atoms with Crippen molar-refractivity contribution in [1.82, 2.24) is 13.9 Å². The molecule has 0 bridgehead atoms. The summed E-state index contributed by atoms with van der Waals surface area (Å²) in [6.07, 6.45) is 3.59. The molecule has 1 fully saturated rings. The zero-order valence-electron chi connectivity index (χ0n) is 17.1. The lowest BCUT2D eigenvalue weighted by Gasteiger charge is -2.22. The van der Waals surface area contributed by atoms with Crippen molar-refractivity contribution < 1.29 is 27.5 Å². The number of sulfonamides is 1. The van der Waals surface area contributed by atoms with Crippen LogP contribution in [0.1, 0.15) is 11.6 Å². The lowest BCUT2D eigenvalue weighted by atomic mass is 10.1. The number of carboxylic acid groups (broad SMARTS) is 1. The van der Waals surface area contributed by atoms with Crippen molar-refractivity contribution in [2.24, 2.45) is 5.92 Å². The molecule has 1 aliphatic heterocycles. The van der Waals surface area contributed by atoms with Crippen LogP contribution in [0.3, 0.4) is 0 Å². The molecule has 30 heavy (non-hydrogen) atoms. The van der Waals surface area contributed by atoms with Crippen LogP contribution in [0.15, 0.2) is 41.1 Å². The van der Waals surface area contributed by atoms with E-state index in [2.05, 4.69) is 4.98 Å². The number of hydrogen-bond acceptors (Lipinski definition) is 6. The maximum atomic E-state index is 12.4. The molecular formula is C20H25N3O6S. The molecule has 0 amide bonds. The van der Waals surface area contributed by atoms with Crippen LogP contribution in [0.2, 0.25) is 0 Å². The Labute approximate surface area is 174 Å². The Morgan fingerprint density at radius 1 is 1.30 bits per heavy atom. The second kappa shape index (κ2) is 8.99. The molecule has 0 aliphatic carbocycles. The molecule has 2 atom stereocenters. The average molecular weight is 436 g/mol.